The maximum absolute atomic E-state index is 6.15. The molecular formula is C24H27N3O. The first-order valence-corrected chi connectivity index (χ1v) is 9.92. The van der Waals surface area contributed by atoms with Crippen molar-refractivity contribution in [2.75, 3.05) is 12.3 Å². The molecule has 0 radical (unpaired) electrons. The molecule has 2 atom stereocenters. The lowest BCUT2D eigenvalue weighted by Crippen LogP contribution is -2.27. The lowest BCUT2D eigenvalue weighted by atomic mass is 9.96. The average Bonchev–Trinajstić information content (AvgIpc) is 3.22. The minimum atomic E-state index is 0.190. The summed E-state index contributed by atoms with van der Waals surface area (Å²) in [5.41, 5.74) is 17.5. The van der Waals surface area contributed by atoms with Crippen LogP contribution in [0.2, 0.25) is 0 Å². The third-order valence-corrected chi connectivity index (χ3v) is 5.28. The summed E-state index contributed by atoms with van der Waals surface area (Å²) in [5, 5.41) is 0. The molecule has 4 N–H and O–H groups in total. The predicted molar refractivity (Wildman–Crippen MR) is 114 cm³/mol. The number of nitrogen functional groups attached to an aromatic ring is 1. The highest BCUT2D eigenvalue weighted by Gasteiger charge is 2.28. The normalized spacial score (nSPS) is 18.9. The van der Waals surface area contributed by atoms with Crippen molar-refractivity contribution in [2.45, 2.75) is 31.3 Å². The van der Waals surface area contributed by atoms with Crippen LogP contribution >= 0.6 is 0 Å². The SMILES string of the molecule is Nc1ccccc1C1CC(c2ccccc2OCCCc2ccccc2)NN1. The number of hydrogen-bond donors (Lipinski definition) is 3. The summed E-state index contributed by atoms with van der Waals surface area (Å²) in [5.74, 6) is 0.955. The maximum Gasteiger partial charge on any atom is 0.124 e. The second kappa shape index (κ2) is 8.91. The largest absolute Gasteiger partial charge is 0.493 e. The zero-order valence-corrected chi connectivity index (χ0v) is 16.0. The number of hydrazine groups is 1. The van der Waals surface area contributed by atoms with Crippen molar-refractivity contribution in [1.29, 1.82) is 0 Å². The summed E-state index contributed by atoms with van der Waals surface area (Å²) >= 11 is 0. The monoisotopic (exact) mass is 373 g/mol. The van der Waals surface area contributed by atoms with Gasteiger partial charge in [-0.2, -0.15) is 0 Å². The van der Waals surface area contributed by atoms with Crippen LogP contribution in [-0.4, -0.2) is 6.61 Å². The van der Waals surface area contributed by atoms with E-state index in [4.69, 9.17) is 10.5 Å². The molecule has 144 valence electrons. The zero-order valence-electron chi connectivity index (χ0n) is 16.0. The molecule has 3 aromatic carbocycles. The number of para-hydroxylation sites is 2. The summed E-state index contributed by atoms with van der Waals surface area (Å²) in [6, 6.07) is 27.3. The third kappa shape index (κ3) is 4.35. The van der Waals surface area contributed by atoms with Gasteiger partial charge in [-0.3, -0.25) is 0 Å². The van der Waals surface area contributed by atoms with Gasteiger partial charge in [0.1, 0.15) is 5.75 Å². The number of nitrogens with two attached hydrogens (primary N) is 1. The Morgan fingerprint density at radius 1 is 0.786 bits per heavy atom. The van der Waals surface area contributed by atoms with Gasteiger partial charge in [0.25, 0.3) is 0 Å². The van der Waals surface area contributed by atoms with E-state index in [1.54, 1.807) is 0 Å². The van der Waals surface area contributed by atoms with E-state index in [2.05, 4.69) is 65.4 Å². The van der Waals surface area contributed by atoms with Crippen molar-refractivity contribution in [3.63, 3.8) is 0 Å². The number of anilines is 1. The molecule has 4 heteroatoms. The van der Waals surface area contributed by atoms with Crippen LogP contribution in [0.15, 0.2) is 78.9 Å². The molecule has 0 aliphatic carbocycles. The second-order valence-electron chi connectivity index (χ2n) is 7.23. The van der Waals surface area contributed by atoms with E-state index in [0.717, 1.165) is 36.3 Å². The van der Waals surface area contributed by atoms with Gasteiger partial charge in [0.2, 0.25) is 0 Å². The minimum absolute atomic E-state index is 0.190. The first-order chi connectivity index (χ1) is 13.8. The number of nitrogens with one attached hydrogen (secondary N) is 2. The Kier molecular flexibility index (Phi) is 5.90. The Balaban J connectivity index is 1.37. The fourth-order valence-corrected chi connectivity index (χ4v) is 3.80. The Labute approximate surface area is 166 Å². The summed E-state index contributed by atoms with van der Waals surface area (Å²) < 4.78 is 6.14. The molecule has 4 nitrogen and oxygen atoms in total. The van der Waals surface area contributed by atoms with Crippen molar-refractivity contribution in [3.8, 4) is 5.75 Å². The van der Waals surface area contributed by atoms with E-state index in [-0.39, 0.29) is 12.1 Å². The van der Waals surface area contributed by atoms with Gasteiger partial charge in [-0.1, -0.05) is 66.7 Å². The predicted octanol–water partition coefficient (Wildman–Crippen LogP) is 4.56. The molecule has 0 aromatic heterocycles. The van der Waals surface area contributed by atoms with Crippen LogP contribution < -0.4 is 21.3 Å². The summed E-state index contributed by atoms with van der Waals surface area (Å²) in [6.45, 7) is 0.709. The molecule has 1 fully saturated rings. The van der Waals surface area contributed by atoms with Crippen molar-refractivity contribution in [2.24, 2.45) is 0 Å². The highest BCUT2D eigenvalue weighted by atomic mass is 16.5. The van der Waals surface area contributed by atoms with Gasteiger partial charge in [-0.05, 0) is 42.5 Å². The Morgan fingerprint density at radius 2 is 1.43 bits per heavy atom. The van der Waals surface area contributed by atoms with Gasteiger partial charge >= 0.3 is 0 Å². The quantitative estimate of drug-likeness (QED) is 0.420. The number of ether oxygens (including phenoxy) is 1. The first-order valence-electron chi connectivity index (χ1n) is 9.92. The topological polar surface area (TPSA) is 59.3 Å². The smallest absolute Gasteiger partial charge is 0.124 e. The molecule has 1 aliphatic heterocycles. The van der Waals surface area contributed by atoms with Gasteiger partial charge in [0.15, 0.2) is 0 Å². The van der Waals surface area contributed by atoms with Crippen LogP contribution in [0, 0.1) is 0 Å². The highest BCUT2D eigenvalue weighted by Crippen LogP contribution is 2.36. The van der Waals surface area contributed by atoms with E-state index in [0.29, 0.717) is 6.61 Å². The van der Waals surface area contributed by atoms with E-state index in [9.17, 15) is 0 Å². The van der Waals surface area contributed by atoms with Crippen LogP contribution in [0.5, 0.6) is 5.75 Å². The molecule has 1 aliphatic rings. The number of rotatable bonds is 7. The van der Waals surface area contributed by atoms with Crippen LogP contribution in [0.25, 0.3) is 0 Å². The van der Waals surface area contributed by atoms with Crippen LogP contribution in [0.1, 0.15) is 41.6 Å². The molecule has 0 spiro atoms. The van der Waals surface area contributed by atoms with Crippen molar-refractivity contribution in [1.82, 2.24) is 10.9 Å². The molecule has 1 heterocycles. The minimum Gasteiger partial charge on any atom is -0.493 e. The number of aryl methyl sites for hydroxylation is 1. The molecule has 1 saturated heterocycles. The average molecular weight is 374 g/mol. The molecule has 0 saturated carbocycles. The van der Waals surface area contributed by atoms with Crippen LogP contribution in [0.4, 0.5) is 5.69 Å². The van der Waals surface area contributed by atoms with Gasteiger partial charge in [-0.15, -0.1) is 0 Å². The van der Waals surface area contributed by atoms with Gasteiger partial charge in [-0.25, -0.2) is 10.9 Å². The maximum atomic E-state index is 6.15. The summed E-state index contributed by atoms with van der Waals surface area (Å²) in [7, 11) is 0. The van der Waals surface area contributed by atoms with Gasteiger partial charge < -0.3 is 10.5 Å². The van der Waals surface area contributed by atoms with E-state index < -0.39 is 0 Å². The van der Waals surface area contributed by atoms with E-state index >= 15 is 0 Å². The molecule has 0 bridgehead atoms. The summed E-state index contributed by atoms with van der Waals surface area (Å²) in [4.78, 5) is 0. The molecule has 3 aromatic rings. The Morgan fingerprint density at radius 3 is 2.21 bits per heavy atom. The lowest BCUT2D eigenvalue weighted by molar-refractivity contribution is 0.304. The highest BCUT2D eigenvalue weighted by molar-refractivity contribution is 5.49. The van der Waals surface area contributed by atoms with Crippen LogP contribution in [-0.2, 0) is 6.42 Å². The fraction of sp³-hybridized carbons (Fsp3) is 0.250. The van der Waals surface area contributed by atoms with Gasteiger partial charge in [0, 0.05) is 11.3 Å². The molecule has 2 unspecified atom stereocenters. The Bertz CT molecular complexity index is 897. The van der Waals surface area contributed by atoms with Crippen molar-refractivity contribution >= 4 is 5.69 Å². The van der Waals surface area contributed by atoms with Gasteiger partial charge in [0.05, 0.1) is 18.7 Å². The van der Waals surface area contributed by atoms with Crippen molar-refractivity contribution < 1.29 is 4.74 Å². The molecule has 4 rings (SSSR count). The first kappa shape index (κ1) is 18.5. The second-order valence-corrected chi connectivity index (χ2v) is 7.23. The number of benzene rings is 3. The van der Waals surface area contributed by atoms with E-state index in [1.165, 1.54) is 11.1 Å². The van der Waals surface area contributed by atoms with E-state index in [1.807, 2.05) is 24.3 Å². The standard InChI is InChI=1S/C24H27N3O/c25-21-14-6-4-12-19(21)22-17-23(27-26-22)20-13-5-7-15-24(20)28-16-8-11-18-9-2-1-3-10-18/h1-7,9-10,12-15,22-23,26-27H,8,11,16-17,25H2. The molecular weight excluding hydrogens is 346 g/mol. The Hall–Kier alpha value is -2.82. The number of hydrogen-bond acceptors (Lipinski definition) is 4. The third-order valence-electron chi connectivity index (χ3n) is 5.28. The van der Waals surface area contributed by atoms with Crippen LogP contribution in [0.3, 0.4) is 0 Å². The van der Waals surface area contributed by atoms with Crippen molar-refractivity contribution in [3.05, 3.63) is 95.6 Å². The molecule has 0 amide bonds. The fourth-order valence-electron chi connectivity index (χ4n) is 3.80. The zero-order chi connectivity index (χ0) is 19.2. The lowest BCUT2D eigenvalue weighted by Gasteiger charge is -2.16. The summed E-state index contributed by atoms with van der Waals surface area (Å²) in [6.07, 6.45) is 2.96. The molecule has 28 heavy (non-hydrogen) atoms.